The van der Waals surface area contributed by atoms with Crippen LogP contribution in [0.4, 0.5) is 0 Å². The lowest BCUT2D eigenvalue weighted by Gasteiger charge is -2.10. The predicted molar refractivity (Wildman–Crippen MR) is 71.9 cm³/mol. The zero-order valence-corrected chi connectivity index (χ0v) is 12.2. The molecular formula is C11H14BrNO4S. The van der Waals surface area contributed by atoms with E-state index in [4.69, 9.17) is 5.11 Å². The van der Waals surface area contributed by atoms with Crippen LogP contribution in [0.1, 0.15) is 12.5 Å². The summed E-state index contributed by atoms with van der Waals surface area (Å²) in [5, 5.41) is 8.64. The highest BCUT2D eigenvalue weighted by Crippen LogP contribution is 2.16. The van der Waals surface area contributed by atoms with E-state index >= 15 is 0 Å². The number of hydrogen-bond acceptors (Lipinski definition) is 3. The number of sulfonamides is 1. The van der Waals surface area contributed by atoms with Crippen molar-refractivity contribution < 1.29 is 18.3 Å². The first-order valence-electron chi connectivity index (χ1n) is 5.28. The van der Waals surface area contributed by atoms with Gasteiger partial charge in [-0.3, -0.25) is 4.79 Å². The lowest BCUT2D eigenvalue weighted by atomic mass is 10.2. The van der Waals surface area contributed by atoms with Gasteiger partial charge in [0.15, 0.2) is 0 Å². The fraction of sp³-hybridized carbons (Fsp3) is 0.364. The number of aliphatic carboxylic acids is 1. The number of benzene rings is 1. The molecule has 0 saturated carbocycles. The maximum atomic E-state index is 11.6. The molecule has 0 heterocycles. The van der Waals surface area contributed by atoms with Gasteiger partial charge in [-0.05, 0) is 25.0 Å². The Morgan fingerprint density at radius 2 is 2.06 bits per heavy atom. The molecule has 1 aromatic carbocycles. The number of hydrogen-bond donors (Lipinski definition) is 2. The Balaban J connectivity index is 2.63. The van der Waals surface area contributed by atoms with Crippen LogP contribution in [0.5, 0.6) is 0 Å². The summed E-state index contributed by atoms with van der Waals surface area (Å²) in [6, 6.07) is 6.19. The van der Waals surface area contributed by atoms with E-state index in [-0.39, 0.29) is 5.75 Å². The summed E-state index contributed by atoms with van der Waals surface area (Å²) in [7, 11) is -3.59. The first kappa shape index (κ1) is 15.1. The first-order chi connectivity index (χ1) is 8.32. The summed E-state index contributed by atoms with van der Waals surface area (Å²) < 4.78 is 26.2. The predicted octanol–water partition coefficient (Wildman–Crippen LogP) is 1.38. The zero-order valence-electron chi connectivity index (χ0n) is 9.76. The second-order valence-electron chi connectivity index (χ2n) is 3.84. The maximum absolute atomic E-state index is 11.6. The van der Waals surface area contributed by atoms with Gasteiger partial charge in [0.2, 0.25) is 10.0 Å². The van der Waals surface area contributed by atoms with Gasteiger partial charge >= 0.3 is 5.97 Å². The van der Waals surface area contributed by atoms with Gasteiger partial charge in [-0.1, -0.05) is 34.1 Å². The van der Waals surface area contributed by atoms with E-state index in [1.807, 2.05) is 24.3 Å². The van der Waals surface area contributed by atoms with E-state index in [9.17, 15) is 13.2 Å². The molecule has 0 fully saturated rings. The quantitative estimate of drug-likeness (QED) is 0.822. The van der Waals surface area contributed by atoms with Gasteiger partial charge < -0.3 is 5.11 Å². The Labute approximate surface area is 114 Å². The van der Waals surface area contributed by atoms with Crippen LogP contribution in [-0.4, -0.2) is 31.3 Å². The topological polar surface area (TPSA) is 83.5 Å². The Morgan fingerprint density at radius 1 is 1.44 bits per heavy atom. The van der Waals surface area contributed by atoms with Crippen LogP contribution >= 0.6 is 15.9 Å². The fourth-order valence-corrected chi connectivity index (χ4v) is 3.05. The highest BCUT2D eigenvalue weighted by atomic mass is 79.9. The summed E-state index contributed by atoms with van der Waals surface area (Å²) >= 11 is 3.33. The van der Waals surface area contributed by atoms with E-state index in [2.05, 4.69) is 20.7 Å². The van der Waals surface area contributed by atoms with Crippen LogP contribution in [0, 0.1) is 0 Å². The van der Waals surface area contributed by atoms with Crippen molar-refractivity contribution in [3.8, 4) is 0 Å². The van der Waals surface area contributed by atoms with Crippen LogP contribution in [0.15, 0.2) is 28.7 Å². The third-order valence-corrected chi connectivity index (χ3v) is 4.55. The molecule has 1 aromatic rings. The maximum Gasteiger partial charge on any atom is 0.321 e. The summed E-state index contributed by atoms with van der Waals surface area (Å²) in [5.74, 6) is -1.34. The number of rotatable bonds is 6. The Morgan fingerprint density at radius 3 is 2.61 bits per heavy atom. The molecule has 0 unspecified atom stereocenters. The molecule has 7 heteroatoms. The monoisotopic (exact) mass is 335 g/mol. The minimum Gasteiger partial charge on any atom is -0.480 e. The molecular weight excluding hydrogens is 322 g/mol. The lowest BCUT2D eigenvalue weighted by Crippen LogP contribution is -2.39. The van der Waals surface area contributed by atoms with Crippen molar-refractivity contribution in [2.45, 2.75) is 19.4 Å². The number of halogens is 1. The summed E-state index contributed by atoms with van der Waals surface area (Å²) in [5.41, 5.74) is 0.867. The highest BCUT2D eigenvalue weighted by molar-refractivity contribution is 9.10. The van der Waals surface area contributed by atoms with Crippen molar-refractivity contribution in [2.75, 3.05) is 5.75 Å². The van der Waals surface area contributed by atoms with Gasteiger partial charge in [0.25, 0.3) is 0 Å². The summed E-state index contributed by atoms with van der Waals surface area (Å²) in [4.78, 5) is 10.6. The average molecular weight is 336 g/mol. The van der Waals surface area contributed by atoms with Gasteiger partial charge in [0.05, 0.1) is 5.75 Å². The number of aryl methyl sites for hydroxylation is 1. The van der Waals surface area contributed by atoms with E-state index in [0.717, 1.165) is 10.0 Å². The molecule has 0 saturated heterocycles. The molecule has 0 bridgehead atoms. The molecule has 0 spiro atoms. The van der Waals surface area contributed by atoms with E-state index < -0.39 is 22.0 Å². The molecule has 0 aliphatic heterocycles. The Bertz CT molecular complexity index is 530. The van der Waals surface area contributed by atoms with E-state index in [1.54, 1.807) is 0 Å². The number of carbonyl (C=O) groups is 1. The molecule has 0 amide bonds. The number of nitrogens with one attached hydrogen (secondary N) is 1. The minimum atomic E-state index is -3.59. The van der Waals surface area contributed by atoms with Crippen LogP contribution in [0.3, 0.4) is 0 Å². The average Bonchev–Trinajstić information content (AvgIpc) is 2.27. The van der Waals surface area contributed by atoms with E-state index in [1.165, 1.54) is 6.92 Å². The molecule has 0 aliphatic rings. The van der Waals surface area contributed by atoms with Gasteiger partial charge in [-0.2, -0.15) is 0 Å². The second-order valence-corrected chi connectivity index (χ2v) is 6.57. The van der Waals surface area contributed by atoms with Gasteiger partial charge in [-0.25, -0.2) is 13.1 Å². The van der Waals surface area contributed by atoms with Crippen LogP contribution in [0.25, 0.3) is 0 Å². The van der Waals surface area contributed by atoms with Gasteiger partial charge in [0.1, 0.15) is 6.04 Å². The first-order valence-corrected chi connectivity index (χ1v) is 7.72. The normalized spacial score (nSPS) is 13.2. The molecule has 1 atom stereocenters. The van der Waals surface area contributed by atoms with E-state index in [0.29, 0.717) is 6.42 Å². The largest absolute Gasteiger partial charge is 0.480 e. The minimum absolute atomic E-state index is 0.146. The molecule has 5 nitrogen and oxygen atoms in total. The molecule has 1 rings (SSSR count). The summed E-state index contributed by atoms with van der Waals surface area (Å²) in [6.45, 7) is 1.29. The molecule has 0 radical (unpaired) electrons. The second kappa shape index (κ2) is 6.31. The molecule has 100 valence electrons. The van der Waals surface area contributed by atoms with Crippen molar-refractivity contribution in [3.63, 3.8) is 0 Å². The fourth-order valence-electron chi connectivity index (χ4n) is 1.32. The Hall–Kier alpha value is -0.920. The molecule has 0 aromatic heterocycles. The highest BCUT2D eigenvalue weighted by Gasteiger charge is 2.19. The third kappa shape index (κ3) is 4.75. The third-order valence-electron chi connectivity index (χ3n) is 2.32. The number of carboxylic acids is 1. The number of carboxylic acid groups (broad SMARTS) is 1. The zero-order chi connectivity index (χ0) is 13.8. The molecule has 0 aliphatic carbocycles. The van der Waals surface area contributed by atoms with Crippen molar-refractivity contribution >= 4 is 31.9 Å². The van der Waals surface area contributed by atoms with Crippen molar-refractivity contribution in [1.82, 2.24) is 4.72 Å². The van der Waals surface area contributed by atoms with Crippen LogP contribution in [0.2, 0.25) is 0 Å². The molecule has 2 N–H and O–H groups in total. The SMILES string of the molecule is C[C@H](NS(=O)(=O)CCc1ccccc1Br)C(=O)O. The van der Waals surface area contributed by atoms with Crippen LogP contribution in [-0.2, 0) is 21.2 Å². The van der Waals surface area contributed by atoms with Gasteiger partial charge in [-0.15, -0.1) is 0 Å². The Kier molecular flexibility index (Phi) is 5.30. The molecule has 18 heavy (non-hydrogen) atoms. The summed E-state index contributed by atoms with van der Waals surface area (Å²) in [6.07, 6.45) is 0.323. The van der Waals surface area contributed by atoms with Gasteiger partial charge in [0, 0.05) is 4.47 Å². The van der Waals surface area contributed by atoms with Crippen molar-refractivity contribution in [2.24, 2.45) is 0 Å². The lowest BCUT2D eigenvalue weighted by molar-refractivity contribution is -0.138. The van der Waals surface area contributed by atoms with Crippen molar-refractivity contribution in [3.05, 3.63) is 34.3 Å². The van der Waals surface area contributed by atoms with Crippen LogP contribution < -0.4 is 4.72 Å². The van der Waals surface area contributed by atoms with Crippen molar-refractivity contribution in [1.29, 1.82) is 0 Å². The standard InChI is InChI=1S/C11H14BrNO4S/c1-8(11(14)15)13-18(16,17)7-6-9-4-2-3-5-10(9)12/h2-5,8,13H,6-7H2,1H3,(H,14,15)/t8-/m0/s1. The smallest absolute Gasteiger partial charge is 0.321 e.